The minimum atomic E-state index is -0.372. The molecule has 0 aliphatic carbocycles. The molecule has 0 spiro atoms. The van der Waals surface area contributed by atoms with Gasteiger partial charge in [0.15, 0.2) is 0 Å². The van der Waals surface area contributed by atoms with Gasteiger partial charge in [0.2, 0.25) is 0 Å². The lowest BCUT2D eigenvalue weighted by atomic mass is 10.0. The third-order valence-corrected chi connectivity index (χ3v) is 7.07. The molecule has 41 heavy (non-hydrogen) atoms. The molecule has 0 atom stereocenters. The van der Waals surface area contributed by atoms with E-state index in [4.69, 9.17) is 9.47 Å². The lowest BCUT2D eigenvalue weighted by Crippen LogP contribution is -2.41. The fourth-order valence-corrected chi connectivity index (χ4v) is 4.76. The van der Waals surface area contributed by atoms with Gasteiger partial charge in [-0.25, -0.2) is 0 Å². The van der Waals surface area contributed by atoms with Crippen LogP contribution in [0, 0.1) is 0 Å². The molecule has 1 aromatic carbocycles. The second kappa shape index (κ2) is 12.3. The number of rotatable bonds is 6. The van der Waals surface area contributed by atoms with Crippen molar-refractivity contribution in [3.05, 3.63) is 90.9 Å². The first-order chi connectivity index (χ1) is 19.8. The number of hydrogen-bond acceptors (Lipinski definition) is 6. The Hall–Kier alpha value is -4.64. The molecule has 4 heterocycles. The van der Waals surface area contributed by atoms with Crippen molar-refractivity contribution in [2.45, 2.75) is 0 Å². The summed E-state index contributed by atoms with van der Waals surface area (Å²) in [7, 11) is 3.10. The minimum absolute atomic E-state index is 0.168. The zero-order chi connectivity index (χ0) is 28.9. The van der Waals surface area contributed by atoms with Gasteiger partial charge < -0.3 is 19.3 Å². The molecular formula is C29H32N6O6. The molecule has 214 valence electrons. The number of aromatic amines is 2. The second-order valence-electron chi connectivity index (χ2n) is 9.74. The van der Waals surface area contributed by atoms with Crippen LogP contribution in [0.4, 0.5) is 0 Å². The number of carbonyl (C=O) groups is 2. The van der Waals surface area contributed by atoms with E-state index in [1.54, 1.807) is 36.0 Å². The van der Waals surface area contributed by atoms with Crippen LogP contribution >= 0.6 is 0 Å². The van der Waals surface area contributed by atoms with Crippen LogP contribution in [0.2, 0.25) is 0 Å². The number of hydrogen-bond donors (Lipinski definition) is 2. The van der Waals surface area contributed by atoms with Crippen molar-refractivity contribution >= 4 is 29.5 Å². The van der Waals surface area contributed by atoms with E-state index in [0.717, 1.165) is 5.56 Å². The highest BCUT2D eigenvalue weighted by atomic mass is 16.5. The third kappa shape index (κ3) is 5.94. The van der Waals surface area contributed by atoms with E-state index in [9.17, 15) is 19.2 Å². The molecule has 2 aliphatic rings. The van der Waals surface area contributed by atoms with Gasteiger partial charge in [0.05, 0.1) is 37.6 Å². The Morgan fingerprint density at radius 1 is 0.780 bits per heavy atom. The van der Waals surface area contributed by atoms with E-state index in [-0.39, 0.29) is 45.4 Å². The summed E-state index contributed by atoms with van der Waals surface area (Å²) in [5.41, 5.74) is 4.48. The maximum Gasteiger partial charge on any atom is 0.274 e. The van der Waals surface area contributed by atoms with Gasteiger partial charge in [-0.1, -0.05) is 30.3 Å². The minimum Gasteiger partial charge on any atom is -0.378 e. The van der Waals surface area contributed by atoms with Gasteiger partial charge in [0, 0.05) is 45.8 Å². The summed E-state index contributed by atoms with van der Waals surface area (Å²) in [5.74, 6) is -0.577. The highest BCUT2D eigenvalue weighted by Gasteiger charge is 2.25. The summed E-state index contributed by atoms with van der Waals surface area (Å²) in [5, 5.41) is 5.74. The van der Waals surface area contributed by atoms with Crippen LogP contribution in [-0.4, -0.2) is 93.8 Å². The van der Waals surface area contributed by atoms with Crippen molar-refractivity contribution in [2.75, 3.05) is 52.6 Å². The number of aromatic nitrogens is 4. The maximum absolute atomic E-state index is 13.2. The van der Waals surface area contributed by atoms with Crippen LogP contribution in [0.3, 0.4) is 0 Å². The van der Waals surface area contributed by atoms with Crippen molar-refractivity contribution in [2.24, 2.45) is 14.1 Å². The Bertz CT molecular complexity index is 1640. The molecule has 2 aromatic heterocycles. The van der Waals surface area contributed by atoms with Crippen LogP contribution in [0.5, 0.6) is 0 Å². The molecule has 2 fully saturated rings. The van der Waals surface area contributed by atoms with Crippen molar-refractivity contribution in [3.8, 4) is 0 Å². The maximum atomic E-state index is 13.2. The SMILES string of the molecule is Cn1[nH]c(C(=O)N2CCOCC2)c(C=C=C(C=Cc2c(C(=O)N3CCOCC3)[nH]n(C)c2=O)c2ccccc2)c1=O. The number of morpholine rings is 2. The lowest BCUT2D eigenvalue weighted by molar-refractivity contribution is 0.0297. The topological polar surface area (TPSA) is 135 Å². The molecule has 2 amide bonds. The average Bonchev–Trinajstić information content (AvgIpc) is 3.46. The molecule has 0 bridgehead atoms. The van der Waals surface area contributed by atoms with E-state index in [0.29, 0.717) is 58.2 Å². The van der Waals surface area contributed by atoms with Gasteiger partial charge in [-0.05, 0) is 23.8 Å². The monoisotopic (exact) mass is 560 g/mol. The van der Waals surface area contributed by atoms with Crippen LogP contribution in [0.25, 0.3) is 17.7 Å². The van der Waals surface area contributed by atoms with E-state index in [1.165, 1.54) is 15.4 Å². The van der Waals surface area contributed by atoms with Gasteiger partial charge in [-0.2, -0.15) is 0 Å². The van der Waals surface area contributed by atoms with Crippen molar-refractivity contribution in [1.82, 2.24) is 29.4 Å². The summed E-state index contributed by atoms with van der Waals surface area (Å²) in [6.07, 6.45) is 4.73. The smallest absolute Gasteiger partial charge is 0.274 e. The van der Waals surface area contributed by atoms with Crippen LogP contribution < -0.4 is 11.1 Å². The molecule has 2 saturated heterocycles. The Labute approximate surface area is 235 Å². The summed E-state index contributed by atoms with van der Waals surface area (Å²) in [4.78, 5) is 55.7. The largest absolute Gasteiger partial charge is 0.378 e. The predicted molar refractivity (Wildman–Crippen MR) is 152 cm³/mol. The highest BCUT2D eigenvalue weighted by Crippen LogP contribution is 2.19. The standard InChI is InChI=1S/C29H32N6O6/c1-32-26(36)22(24(30-32)28(38)34-12-16-40-17-13-34)10-8-21(20-6-4-3-5-7-20)9-11-23-25(31-33(2)27(23)37)29(39)35-14-18-41-19-15-35/h3-8,10-11,30-31H,12-19H2,1-2H3. The summed E-state index contributed by atoms with van der Waals surface area (Å²) >= 11 is 0. The van der Waals surface area contributed by atoms with E-state index in [1.807, 2.05) is 30.3 Å². The van der Waals surface area contributed by atoms with E-state index in [2.05, 4.69) is 15.9 Å². The number of benzene rings is 1. The number of ether oxygens (including phenoxy) is 2. The molecule has 3 aromatic rings. The second-order valence-corrected chi connectivity index (χ2v) is 9.74. The van der Waals surface area contributed by atoms with Gasteiger partial charge in [0.1, 0.15) is 11.4 Å². The number of amides is 2. The summed E-state index contributed by atoms with van der Waals surface area (Å²) in [6, 6.07) is 9.32. The van der Waals surface area contributed by atoms with Gasteiger partial charge in [-0.15, -0.1) is 5.73 Å². The summed E-state index contributed by atoms with van der Waals surface area (Å²) < 4.78 is 13.2. The van der Waals surface area contributed by atoms with Crippen LogP contribution in [-0.2, 0) is 23.6 Å². The van der Waals surface area contributed by atoms with Gasteiger partial charge in [0.25, 0.3) is 22.9 Å². The first kappa shape index (κ1) is 27.9. The zero-order valence-electron chi connectivity index (χ0n) is 23.0. The van der Waals surface area contributed by atoms with E-state index >= 15 is 0 Å². The summed E-state index contributed by atoms with van der Waals surface area (Å²) in [6.45, 7) is 3.50. The molecular weight excluding hydrogens is 528 g/mol. The fourth-order valence-electron chi connectivity index (χ4n) is 4.76. The van der Waals surface area contributed by atoms with Gasteiger partial charge >= 0.3 is 0 Å². The number of carbonyl (C=O) groups excluding carboxylic acids is 2. The Morgan fingerprint density at radius 2 is 1.27 bits per heavy atom. The first-order valence-electron chi connectivity index (χ1n) is 13.4. The Morgan fingerprint density at radius 3 is 1.80 bits per heavy atom. The van der Waals surface area contributed by atoms with Crippen LogP contribution in [0.15, 0.2) is 51.7 Å². The average molecular weight is 561 g/mol. The first-order valence-corrected chi connectivity index (χ1v) is 13.4. The molecule has 0 saturated carbocycles. The fraction of sp³-hybridized carbons (Fsp3) is 0.345. The predicted octanol–water partition coefficient (Wildman–Crippen LogP) is 1.09. The number of nitrogens with zero attached hydrogens (tertiary/aromatic N) is 4. The van der Waals surface area contributed by atoms with Crippen molar-refractivity contribution < 1.29 is 19.1 Å². The van der Waals surface area contributed by atoms with Crippen molar-refractivity contribution in [3.63, 3.8) is 0 Å². The molecule has 12 heteroatoms. The molecule has 2 aliphatic heterocycles. The number of aryl methyl sites for hydroxylation is 2. The molecule has 5 rings (SSSR count). The zero-order valence-corrected chi connectivity index (χ0v) is 23.0. The van der Waals surface area contributed by atoms with E-state index < -0.39 is 0 Å². The van der Waals surface area contributed by atoms with Crippen molar-refractivity contribution in [1.29, 1.82) is 0 Å². The number of H-pyrrole nitrogens is 2. The third-order valence-electron chi connectivity index (χ3n) is 7.07. The number of allylic oxidation sites excluding steroid dienone is 2. The molecule has 12 nitrogen and oxygen atoms in total. The quantitative estimate of drug-likeness (QED) is 0.343. The molecule has 2 N–H and O–H groups in total. The molecule has 0 unspecified atom stereocenters. The normalized spacial score (nSPS) is 15.7. The van der Waals surface area contributed by atoms with Crippen LogP contribution in [0.1, 0.15) is 37.7 Å². The highest BCUT2D eigenvalue weighted by molar-refractivity contribution is 5.97. The lowest BCUT2D eigenvalue weighted by Gasteiger charge is -2.26. The Kier molecular flexibility index (Phi) is 8.34. The Balaban J connectivity index is 1.55. The van der Waals surface area contributed by atoms with Gasteiger partial charge in [-0.3, -0.25) is 38.7 Å². The molecule has 0 radical (unpaired) electrons. The number of nitrogens with one attached hydrogen (secondary N) is 2.